The first-order valence-electron chi connectivity index (χ1n) is 11.2. The van der Waals surface area contributed by atoms with Crippen LogP contribution in [0.4, 0.5) is 5.95 Å². The van der Waals surface area contributed by atoms with Crippen LogP contribution in [0.25, 0.3) is 28.8 Å². The van der Waals surface area contributed by atoms with Gasteiger partial charge in [0.05, 0.1) is 17.1 Å². The summed E-state index contributed by atoms with van der Waals surface area (Å²) in [5, 5.41) is 4.84. The molecule has 0 aliphatic carbocycles. The molecule has 180 valence electrons. The van der Waals surface area contributed by atoms with Gasteiger partial charge in [0.25, 0.3) is 10.2 Å². The molecule has 9 nitrogen and oxygen atoms in total. The van der Waals surface area contributed by atoms with E-state index in [1.165, 1.54) is 8.61 Å². The second-order valence-electron chi connectivity index (χ2n) is 8.02. The number of hydrogen-bond acceptors (Lipinski definition) is 7. The van der Waals surface area contributed by atoms with Gasteiger partial charge in [-0.05, 0) is 31.2 Å². The van der Waals surface area contributed by atoms with E-state index in [0.717, 1.165) is 35.6 Å². The van der Waals surface area contributed by atoms with Crippen molar-refractivity contribution < 1.29 is 8.42 Å². The largest absolute Gasteiger partial charge is 0.353 e. The van der Waals surface area contributed by atoms with E-state index < -0.39 is 10.2 Å². The van der Waals surface area contributed by atoms with Crippen LogP contribution in [0.3, 0.4) is 0 Å². The molecule has 0 unspecified atom stereocenters. The molecule has 0 saturated carbocycles. The highest BCUT2D eigenvalue weighted by Gasteiger charge is 2.28. The van der Waals surface area contributed by atoms with E-state index in [1.54, 1.807) is 18.7 Å². The van der Waals surface area contributed by atoms with Gasteiger partial charge < -0.3 is 9.88 Å². The Morgan fingerprint density at radius 1 is 1.12 bits per heavy atom. The first kappa shape index (κ1) is 24.4. The summed E-state index contributed by atoms with van der Waals surface area (Å²) in [4.78, 5) is 13.8. The highest BCUT2D eigenvalue weighted by molar-refractivity contribution is 7.86. The van der Waals surface area contributed by atoms with Gasteiger partial charge in [0.15, 0.2) is 0 Å². The number of aromatic nitrogens is 4. The van der Waals surface area contributed by atoms with Crippen LogP contribution in [-0.2, 0) is 10.2 Å². The van der Waals surface area contributed by atoms with Crippen LogP contribution >= 0.6 is 12.6 Å². The Bertz CT molecular complexity index is 1260. The smallest absolute Gasteiger partial charge is 0.281 e. The van der Waals surface area contributed by atoms with Gasteiger partial charge in [-0.2, -0.15) is 17.0 Å². The molecular formula is C23H29N7O2S2. The van der Waals surface area contributed by atoms with Crippen molar-refractivity contribution in [3.8, 4) is 22.6 Å². The molecule has 0 bridgehead atoms. The van der Waals surface area contributed by atoms with Gasteiger partial charge >= 0.3 is 0 Å². The minimum atomic E-state index is -3.43. The lowest BCUT2D eigenvalue weighted by Gasteiger charge is -2.24. The number of imidazole rings is 1. The maximum Gasteiger partial charge on any atom is 0.281 e. The average Bonchev–Trinajstić information content (AvgIpc) is 3.10. The monoisotopic (exact) mass is 499 g/mol. The molecule has 34 heavy (non-hydrogen) atoms. The Morgan fingerprint density at radius 3 is 2.65 bits per heavy atom. The summed E-state index contributed by atoms with van der Waals surface area (Å²) in [6.07, 6.45) is 5.23. The quantitative estimate of drug-likeness (QED) is 0.484. The number of nitrogens with zero attached hydrogens (tertiary/aromatic N) is 6. The predicted octanol–water partition coefficient (Wildman–Crippen LogP) is 3.36. The van der Waals surface area contributed by atoms with Crippen molar-refractivity contribution in [2.75, 3.05) is 38.5 Å². The summed E-state index contributed by atoms with van der Waals surface area (Å²) in [6.45, 7) is 3.74. The SMILES string of the molecule is Cc1nc(-c2ccccc2)c(-c2ccnc(NCCN3CCCCN(C)S3(=O)=O)n2)n1/C=C\S. The third-order valence-corrected chi connectivity index (χ3v) is 7.86. The molecule has 1 saturated heterocycles. The van der Waals surface area contributed by atoms with E-state index in [0.29, 0.717) is 37.8 Å². The van der Waals surface area contributed by atoms with Gasteiger partial charge in [-0.15, -0.1) is 12.6 Å². The van der Waals surface area contributed by atoms with Crippen LogP contribution in [0, 0.1) is 6.92 Å². The van der Waals surface area contributed by atoms with Crippen LogP contribution in [-0.4, -0.2) is 69.8 Å². The Labute approximate surface area is 206 Å². The number of anilines is 1. The number of rotatable bonds is 7. The molecule has 3 heterocycles. The Hall–Kier alpha value is -2.73. The van der Waals surface area contributed by atoms with E-state index in [2.05, 4.69) is 22.9 Å². The molecule has 0 spiro atoms. The molecule has 0 radical (unpaired) electrons. The molecule has 1 aliphatic heterocycles. The van der Waals surface area contributed by atoms with Gasteiger partial charge in [0.2, 0.25) is 5.95 Å². The lowest BCUT2D eigenvalue weighted by Crippen LogP contribution is -2.42. The lowest BCUT2D eigenvalue weighted by atomic mass is 10.1. The number of nitrogens with one attached hydrogen (secondary N) is 1. The van der Waals surface area contributed by atoms with Crippen molar-refractivity contribution in [1.82, 2.24) is 28.1 Å². The van der Waals surface area contributed by atoms with E-state index in [-0.39, 0.29) is 0 Å². The maximum absolute atomic E-state index is 12.7. The molecule has 1 fully saturated rings. The molecule has 1 aliphatic rings. The van der Waals surface area contributed by atoms with Crippen molar-refractivity contribution >= 4 is 35.0 Å². The molecule has 1 N–H and O–H groups in total. The van der Waals surface area contributed by atoms with Crippen LogP contribution in [0.15, 0.2) is 48.0 Å². The first-order valence-corrected chi connectivity index (χ1v) is 13.1. The number of aryl methyl sites for hydroxylation is 1. The second kappa shape index (κ2) is 10.7. The molecular weight excluding hydrogens is 470 g/mol. The lowest BCUT2D eigenvalue weighted by molar-refractivity contribution is 0.395. The third kappa shape index (κ3) is 5.17. The summed E-state index contributed by atoms with van der Waals surface area (Å²) >= 11 is 4.25. The highest BCUT2D eigenvalue weighted by atomic mass is 32.2. The van der Waals surface area contributed by atoms with Gasteiger partial charge in [-0.1, -0.05) is 30.3 Å². The van der Waals surface area contributed by atoms with Gasteiger partial charge in [-0.3, -0.25) is 0 Å². The molecule has 2 aromatic heterocycles. The Morgan fingerprint density at radius 2 is 1.88 bits per heavy atom. The summed E-state index contributed by atoms with van der Waals surface area (Å²) < 4.78 is 30.2. The minimum Gasteiger partial charge on any atom is -0.353 e. The maximum atomic E-state index is 12.7. The predicted molar refractivity (Wildman–Crippen MR) is 139 cm³/mol. The second-order valence-corrected chi connectivity index (χ2v) is 10.4. The van der Waals surface area contributed by atoms with Crippen LogP contribution in [0.5, 0.6) is 0 Å². The fourth-order valence-corrected chi connectivity index (χ4v) is 5.55. The zero-order chi connectivity index (χ0) is 24.1. The summed E-state index contributed by atoms with van der Waals surface area (Å²) in [5.41, 5.74) is 3.32. The molecule has 1 aromatic carbocycles. The normalized spacial score (nSPS) is 17.1. The summed E-state index contributed by atoms with van der Waals surface area (Å²) in [7, 11) is -1.80. The Balaban J connectivity index is 1.58. The molecule has 0 amide bonds. The van der Waals surface area contributed by atoms with Crippen molar-refractivity contribution in [3.63, 3.8) is 0 Å². The van der Waals surface area contributed by atoms with Crippen LogP contribution < -0.4 is 5.32 Å². The summed E-state index contributed by atoms with van der Waals surface area (Å²) in [5.74, 6) is 1.24. The first-order chi connectivity index (χ1) is 16.4. The van der Waals surface area contributed by atoms with Gasteiger partial charge in [-0.25, -0.2) is 15.0 Å². The van der Waals surface area contributed by atoms with Gasteiger partial charge in [0.1, 0.15) is 5.82 Å². The molecule has 0 atom stereocenters. The van der Waals surface area contributed by atoms with Crippen molar-refractivity contribution in [1.29, 1.82) is 0 Å². The van der Waals surface area contributed by atoms with E-state index >= 15 is 0 Å². The number of thiol groups is 1. The van der Waals surface area contributed by atoms with Crippen molar-refractivity contribution in [2.45, 2.75) is 19.8 Å². The molecule has 3 aromatic rings. The zero-order valence-electron chi connectivity index (χ0n) is 19.3. The van der Waals surface area contributed by atoms with E-state index in [9.17, 15) is 8.42 Å². The molecule has 11 heteroatoms. The van der Waals surface area contributed by atoms with Gasteiger partial charge in [0, 0.05) is 51.2 Å². The van der Waals surface area contributed by atoms with Crippen molar-refractivity contribution in [3.05, 3.63) is 53.8 Å². The van der Waals surface area contributed by atoms with Crippen molar-refractivity contribution in [2.24, 2.45) is 0 Å². The fraction of sp³-hybridized carbons (Fsp3) is 0.348. The average molecular weight is 500 g/mol. The topological polar surface area (TPSA) is 96.2 Å². The summed E-state index contributed by atoms with van der Waals surface area (Å²) in [6, 6.07) is 11.8. The number of benzene rings is 1. The van der Waals surface area contributed by atoms with E-state index in [1.807, 2.05) is 54.1 Å². The number of hydrogen-bond donors (Lipinski definition) is 2. The standard InChI is InChI=1S/C23H29N7O2S2/c1-18-26-21(19-8-4-3-5-9-19)22(30(18)16-17-33)20-10-11-24-23(27-20)25-12-15-29-14-7-6-13-28(2)34(29,31)32/h3-5,8-11,16-17,33H,6-7,12-15H2,1-2H3,(H,24,25,27)/b17-16-. The Kier molecular flexibility index (Phi) is 7.67. The van der Waals surface area contributed by atoms with Crippen LogP contribution in [0.1, 0.15) is 18.7 Å². The molecule has 4 rings (SSSR count). The fourth-order valence-electron chi connectivity index (χ4n) is 3.98. The third-order valence-electron chi connectivity index (χ3n) is 5.74. The van der Waals surface area contributed by atoms with Crippen LogP contribution in [0.2, 0.25) is 0 Å². The van der Waals surface area contributed by atoms with E-state index in [4.69, 9.17) is 9.97 Å². The minimum absolute atomic E-state index is 0.342. The highest BCUT2D eigenvalue weighted by Crippen LogP contribution is 2.32. The zero-order valence-corrected chi connectivity index (χ0v) is 21.0.